The maximum atomic E-state index is 12.1. The monoisotopic (exact) mass is 331 g/mol. The lowest BCUT2D eigenvalue weighted by atomic mass is 10.1. The number of hydrogen-bond acceptors (Lipinski definition) is 4. The summed E-state index contributed by atoms with van der Waals surface area (Å²) >= 11 is 0. The minimum absolute atomic E-state index is 0.104. The molecule has 2 amide bonds. The van der Waals surface area contributed by atoms with Crippen LogP contribution in [-0.4, -0.2) is 49.7 Å². The Morgan fingerprint density at radius 1 is 1.29 bits per heavy atom. The molecule has 130 valence electrons. The zero-order chi connectivity index (χ0) is 17.2. The highest BCUT2D eigenvalue weighted by atomic mass is 16.6. The van der Waals surface area contributed by atoms with Gasteiger partial charge in [0.2, 0.25) is 5.91 Å². The summed E-state index contributed by atoms with van der Waals surface area (Å²) in [4.78, 5) is 30.5. The Hall–Kier alpha value is -2.37. The summed E-state index contributed by atoms with van der Waals surface area (Å²) in [7, 11) is 1.48. The van der Waals surface area contributed by atoms with Crippen LogP contribution in [0.3, 0.4) is 0 Å². The van der Waals surface area contributed by atoms with Gasteiger partial charge in [-0.05, 0) is 37.0 Å². The predicted molar refractivity (Wildman–Crippen MR) is 93.0 cm³/mol. The van der Waals surface area contributed by atoms with E-state index in [2.05, 4.69) is 15.3 Å². The number of hydrogen-bond donors (Lipinski definition) is 1. The summed E-state index contributed by atoms with van der Waals surface area (Å²) in [6.07, 6.45) is 6.22. The molecular formula is C18H25N3O3. The number of amides is 2. The third-order valence-electron chi connectivity index (χ3n) is 4.04. The maximum Gasteiger partial charge on any atom is 0.251 e. The van der Waals surface area contributed by atoms with Gasteiger partial charge < -0.3 is 15.1 Å². The standard InChI is InChI=1S/C18H25N3O3/c1-24-20-14-15-7-9-16(10-8-15)18(23)19-11-5-13-21-12-4-2-3-6-17(21)22/h7-10,14H,2-6,11-13H2,1H3,(H,19,23)/b20-14+. The summed E-state index contributed by atoms with van der Waals surface area (Å²) in [6, 6.07) is 7.13. The molecule has 1 aliphatic rings. The largest absolute Gasteiger partial charge is 0.399 e. The van der Waals surface area contributed by atoms with Crippen molar-refractivity contribution in [2.24, 2.45) is 5.16 Å². The fourth-order valence-electron chi connectivity index (χ4n) is 2.68. The van der Waals surface area contributed by atoms with Gasteiger partial charge in [-0.1, -0.05) is 23.7 Å². The molecule has 0 radical (unpaired) electrons. The average molecular weight is 331 g/mol. The molecule has 0 atom stereocenters. The molecule has 1 aliphatic heterocycles. The topological polar surface area (TPSA) is 71.0 Å². The Morgan fingerprint density at radius 2 is 2.08 bits per heavy atom. The van der Waals surface area contributed by atoms with E-state index in [0.29, 0.717) is 25.1 Å². The first-order valence-corrected chi connectivity index (χ1v) is 8.43. The second-order valence-corrected chi connectivity index (χ2v) is 5.84. The van der Waals surface area contributed by atoms with Crippen molar-refractivity contribution in [2.75, 3.05) is 26.7 Å². The molecule has 1 N–H and O–H groups in total. The summed E-state index contributed by atoms with van der Waals surface area (Å²) in [5.41, 5.74) is 1.48. The minimum Gasteiger partial charge on any atom is -0.399 e. The highest BCUT2D eigenvalue weighted by molar-refractivity contribution is 5.95. The van der Waals surface area contributed by atoms with Crippen LogP contribution in [0, 0.1) is 0 Å². The Bertz CT molecular complexity index is 569. The quantitative estimate of drug-likeness (QED) is 0.473. The highest BCUT2D eigenvalue weighted by Crippen LogP contribution is 2.11. The van der Waals surface area contributed by atoms with Crippen molar-refractivity contribution < 1.29 is 14.4 Å². The molecule has 1 saturated heterocycles. The lowest BCUT2D eigenvalue weighted by Gasteiger charge is -2.20. The Balaban J connectivity index is 1.72. The van der Waals surface area contributed by atoms with Crippen molar-refractivity contribution in [1.29, 1.82) is 0 Å². The van der Waals surface area contributed by atoms with Gasteiger partial charge in [0.05, 0.1) is 6.21 Å². The van der Waals surface area contributed by atoms with E-state index in [1.54, 1.807) is 18.3 Å². The minimum atomic E-state index is -0.104. The van der Waals surface area contributed by atoms with Crippen LogP contribution in [0.25, 0.3) is 0 Å². The lowest BCUT2D eigenvalue weighted by molar-refractivity contribution is -0.130. The fourth-order valence-corrected chi connectivity index (χ4v) is 2.68. The first-order chi connectivity index (χ1) is 11.7. The Kier molecular flexibility index (Phi) is 7.26. The van der Waals surface area contributed by atoms with E-state index in [-0.39, 0.29) is 11.8 Å². The summed E-state index contributed by atoms with van der Waals surface area (Å²) in [5, 5.41) is 6.57. The third-order valence-corrected chi connectivity index (χ3v) is 4.04. The van der Waals surface area contributed by atoms with Crippen molar-refractivity contribution in [3.63, 3.8) is 0 Å². The van der Waals surface area contributed by atoms with Gasteiger partial charge in [0.25, 0.3) is 5.91 Å². The van der Waals surface area contributed by atoms with E-state index in [0.717, 1.165) is 37.8 Å². The van der Waals surface area contributed by atoms with Gasteiger partial charge in [0, 0.05) is 31.6 Å². The lowest BCUT2D eigenvalue weighted by Crippen LogP contribution is -2.34. The molecular weight excluding hydrogens is 306 g/mol. The van der Waals surface area contributed by atoms with E-state index in [4.69, 9.17) is 0 Å². The van der Waals surface area contributed by atoms with Gasteiger partial charge in [-0.3, -0.25) is 9.59 Å². The molecule has 1 aromatic rings. The number of carbonyl (C=O) groups excluding carboxylic acids is 2. The summed E-state index contributed by atoms with van der Waals surface area (Å²) in [5.74, 6) is 0.138. The zero-order valence-corrected chi connectivity index (χ0v) is 14.2. The third kappa shape index (κ3) is 5.68. The van der Waals surface area contributed by atoms with Gasteiger partial charge >= 0.3 is 0 Å². The number of rotatable bonds is 7. The van der Waals surface area contributed by atoms with Gasteiger partial charge in [0.1, 0.15) is 7.11 Å². The number of likely N-dealkylation sites (tertiary alicyclic amines) is 1. The molecule has 1 heterocycles. The molecule has 6 heteroatoms. The van der Waals surface area contributed by atoms with Gasteiger partial charge in [0.15, 0.2) is 0 Å². The smallest absolute Gasteiger partial charge is 0.251 e. The van der Waals surface area contributed by atoms with Gasteiger partial charge in [-0.2, -0.15) is 0 Å². The number of carbonyl (C=O) groups is 2. The molecule has 0 unspecified atom stereocenters. The average Bonchev–Trinajstić information content (AvgIpc) is 2.81. The highest BCUT2D eigenvalue weighted by Gasteiger charge is 2.15. The van der Waals surface area contributed by atoms with Crippen molar-refractivity contribution in [1.82, 2.24) is 10.2 Å². The molecule has 2 rings (SSSR count). The Labute approximate surface area is 142 Å². The van der Waals surface area contributed by atoms with E-state index in [1.807, 2.05) is 17.0 Å². The van der Waals surface area contributed by atoms with Crippen LogP contribution in [0.1, 0.15) is 48.0 Å². The fraction of sp³-hybridized carbons (Fsp3) is 0.500. The van der Waals surface area contributed by atoms with Crippen LogP contribution < -0.4 is 5.32 Å². The molecule has 0 saturated carbocycles. The van der Waals surface area contributed by atoms with Crippen LogP contribution in [0.5, 0.6) is 0 Å². The molecule has 24 heavy (non-hydrogen) atoms. The van der Waals surface area contributed by atoms with E-state index in [9.17, 15) is 9.59 Å². The van der Waals surface area contributed by atoms with Crippen LogP contribution in [0.2, 0.25) is 0 Å². The Morgan fingerprint density at radius 3 is 2.83 bits per heavy atom. The molecule has 0 spiro atoms. The molecule has 0 bridgehead atoms. The number of benzene rings is 1. The van der Waals surface area contributed by atoms with Crippen LogP contribution in [0.4, 0.5) is 0 Å². The predicted octanol–water partition coefficient (Wildman–Crippen LogP) is 2.19. The van der Waals surface area contributed by atoms with Crippen LogP contribution in [-0.2, 0) is 9.63 Å². The summed E-state index contributed by atoms with van der Waals surface area (Å²) < 4.78 is 0. The van der Waals surface area contributed by atoms with Crippen molar-refractivity contribution in [3.8, 4) is 0 Å². The molecule has 0 aromatic heterocycles. The SMILES string of the molecule is CO/N=C/c1ccc(C(=O)NCCCN2CCCCCC2=O)cc1. The normalized spacial score (nSPS) is 15.4. The summed E-state index contributed by atoms with van der Waals surface area (Å²) in [6.45, 7) is 2.12. The zero-order valence-electron chi connectivity index (χ0n) is 14.2. The van der Waals surface area contributed by atoms with Gasteiger partial charge in [-0.15, -0.1) is 0 Å². The molecule has 6 nitrogen and oxygen atoms in total. The molecule has 0 aliphatic carbocycles. The maximum absolute atomic E-state index is 12.1. The number of nitrogens with one attached hydrogen (secondary N) is 1. The van der Waals surface area contributed by atoms with Crippen LogP contribution in [0.15, 0.2) is 29.4 Å². The first kappa shape index (κ1) is 18.0. The van der Waals surface area contributed by atoms with Crippen molar-refractivity contribution in [3.05, 3.63) is 35.4 Å². The number of oxime groups is 1. The van der Waals surface area contributed by atoms with E-state index in [1.165, 1.54) is 7.11 Å². The van der Waals surface area contributed by atoms with E-state index < -0.39 is 0 Å². The van der Waals surface area contributed by atoms with Crippen molar-refractivity contribution >= 4 is 18.0 Å². The van der Waals surface area contributed by atoms with Crippen molar-refractivity contribution in [2.45, 2.75) is 32.1 Å². The second-order valence-electron chi connectivity index (χ2n) is 5.84. The number of nitrogens with zero attached hydrogens (tertiary/aromatic N) is 2. The van der Waals surface area contributed by atoms with Crippen LogP contribution >= 0.6 is 0 Å². The second kappa shape index (κ2) is 9.70. The molecule has 1 fully saturated rings. The van der Waals surface area contributed by atoms with Gasteiger partial charge in [-0.25, -0.2) is 0 Å². The first-order valence-electron chi connectivity index (χ1n) is 8.43. The van der Waals surface area contributed by atoms with E-state index >= 15 is 0 Å². The molecule has 1 aromatic carbocycles.